The molecule has 4 aromatic rings. The van der Waals surface area contributed by atoms with E-state index in [2.05, 4.69) is 4.98 Å². The van der Waals surface area contributed by atoms with Gasteiger partial charge in [-0.05, 0) is 42.0 Å². The van der Waals surface area contributed by atoms with Crippen molar-refractivity contribution in [1.82, 2.24) is 4.98 Å². The second-order valence-electron chi connectivity index (χ2n) is 6.43. The molecule has 0 aliphatic heterocycles. The molecular formula is C23H18N2O3. The molecule has 0 fully saturated rings. The Hall–Kier alpha value is -3.86. The van der Waals surface area contributed by atoms with Gasteiger partial charge in [0.25, 0.3) is 0 Å². The molecule has 138 valence electrons. The Labute approximate surface area is 162 Å². The number of hydrogen-bond donors (Lipinski definition) is 2. The smallest absolute Gasteiger partial charge is 0.335 e. The number of hydrogen-bond acceptors (Lipinski definition) is 4. The van der Waals surface area contributed by atoms with Crippen LogP contribution in [0.25, 0.3) is 10.9 Å². The van der Waals surface area contributed by atoms with Crippen LogP contribution >= 0.6 is 0 Å². The van der Waals surface area contributed by atoms with Crippen molar-refractivity contribution in [3.05, 3.63) is 96.2 Å². The van der Waals surface area contributed by atoms with Crippen LogP contribution in [0.3, 0.4) is 0 Å². The number of phenols is 1. The van der Waals surface area contributed by atoms with Gasteiger partial charge in [0.15, 0.2) is 5.75 Å². The molecule has 1 heterocycles. The third-order valence-electron chi connectivity index (χ3n) is 4.63. The van der Waals surface area contributed by atoms with Crippen LogP contribution in [0.4, 0.5) is 11.4 Å². The molecule has 28 heavy (non-hydrogen) atoms. The van der Waals surface area contributed by atoms with E-state index in [1.807, 2.05) is 59.5 Å². The summed E-state index contributed by atoms with van der Waals surface area (Å²) >= 11 is 0. The predicted molar refractivity (Wildman–Crippen MR) is 109 cm³/mol. The first kappa shape index (κ1) is 17.5. The number of carbonyl (C=O) groups is 1. The van der Waals surface area contributed by atoms with Crippen molar-refractivity contribution in [2.75, 3.05) is 4.90 Å². The summed E-state index contributed by atoms with van der Waals surface area (Å²) < 4.78 is 0. The summed E-state index contributed by atoms with van der Waals surface area (Å²) in [5.74, 6) is -0.879. The van der Waals surface area contributed by atoms with Crippen molar-refractivity contribution in [2.24, 2.45) is 0 Å². The molecule has 0 bridgehead atoms. The van der Waals surface area contributed by atoms with Gasteiger partial charge in [0.05, 0.1) is 11.3 Å². The van der Waals surface area contributed by atoms with Crippen molar-refractivity contribution in [1.29, 1.82) is 0 Å². The zero-order valence-corrected chi connectivity index (χ0v) is 15.0. The lowest BCUT2D eigenvalue weighted by molar-refractivity contribution is 0.0697. The van der Waals surface area contributed by atoms with E-state index in [1.54, 1.807) is 30.5 Å². The zero-order valence-electron chi connectivity index (χ0n) is 15.0. The van der Waals surface area contributed by atoms with Crippen LogP contribution in [-0.4, -0.2) is 21.2 Å². The molecule has 0 amide bonds. The molecule has 1 aromatic heterocycles. The van der Waals surface area contributed by atoms with E-state index in [4.69, 9.17) is 5.11 Å². The Balaban J connectivity index is 1.83. The van der Waals surface area contributed by atoms with Crippen LogP contribution in [0.2, 0.25) is 0 Å². The van der Waals surface area contributed by atoms with Gasteiger partial charge in [-0.2, -0.15) is 0 Å². The number of pyridine rings is 1. The third-order valence-corrected chi connectivity index (χ3v) is 4.63. The Morgan fingerprint density at radius 1 is 0.893 bits per heavy atom. The summed E-state index contributed by atoms with van der Waals surface area (Å²) in [6, 6.07) is 24.0. The summed E-state index contributed by atoms with van der Waals surface area (Å²) in [4.78, 5) is 17.4. The minimum Gasteiger partial charge on any atom is -0.504 e. The van der Waals surface area contributed by atoms with Crippen molar-refractivity contribution in [2.45, 2.75) is 6.54 Å². The number of anilines is 2. The van der Waals surface area contributed by atoms with E-state index in [1.165, 1.54) is 0 Å². The SMILES string of the molecule is O=C(O)c1ccc(N(Cc2ccccc2)c2ccc3cccnc3c2O)cc1. The van der Waals surface area contributed by atoms with Crippen molar-refractivity contribution < 1.29 is 15.0 Å². The number of benzene rings is 3. The van der Waals surface area contributed by atoms with Gasteiger partial charge in [-0.25, -0.2) is 4.79 Å². The molecule has 0 saturated carbocycles. The number of aromatic carboxylic acids is 1. The van der Waals surface area contributed by atoms with Crippen LogP contribution < -0.4 is 4.90 Å². The van der Waals surface area contributed by atoms with E-state index in [-0.39, 0.29) is 11.3 Å². The number of nitrogens with zero attached hydrogens (tertiary/aromatic N) is 2. The normalized spacial score (nSPS) is 10.7. The standard InChI is InChI=1S/C23H18N2O3/c26-22-20(13-10-17-7-4-14-24-21(17)22)25(15-16-5-2-1-3-6-16)19-11-8-18(9-12-19)23(27)28/h1-14,26H,15H2,(H,27,28). The Morgan fingerprint density at radius 3 is 2.36 bits per heavy atom. The van der Waals surface area contributed by atoms with Gasteiger partial charge < -0.3 is 15.1 Å². The largest absolute Gasteiger partial charge is 0.504 e. The van der Waals surface area contributed by atoms with Gasteiger partial charge in [0, 0.05) is 23.8 Å². The predicted octanol–water partition coefficient (Wildman–Crippen LogP) is 4.98. The van der Waals surface area contributed by atoms with Crippen LogP contribution in [0, 0.1) is 0 Å². The fourth-order valence-electron chi connectivity index (χ4n) is 3.20. The van der Waals surface area contributed by atoms with Crippen LogP contribution in [0.1, 0.15) is 15.9 Å². The number of rotatable bonds is 5. The summed E-state index contributed by atoms with van der Waals surface area (Å²) in [7, 11) is 0. The molecule has 2 N–H and O–H groups in total. The quantitative estimate of drug-likeness (QED) is 0.518. The molecule has 0 unspecified atom stereocenters. The summed E-state index contributed by atoms with van der Waals surface area (Å²) in [6.07, 6.45) is 1.65. The summed E-state index contributed by atoms with van der Waals surface area (Å²) in [5.41, 5.74) is 3.19. The fourth-order valence-corrected chi connectivity index (χ4v) is 3.20. The van der Waals surface area contributed by atoms with E-state index < -0.39 is 5.97 Å². The average Bonchev–Trinajstić information content (AvgIpc) is 2.74. The maximum atomic E-state index is 11.2. The molecule has 0 spiro atoms. The summed E-state index contributed by atoms with van der Waals surface area (Å²) in [6.45, 7) is 0.513. The van der Waals surface area contributed by atoms with E-state index in [0.29, 0.717) is 17.7 Å². The molecule has 0 atom stereocenters. The fraction of sp³-hybridized carbons (Fsp3) is 0.0435. The van der Waals surface area contributed by atoms with E-state index in [9.17, 15) is 9.90 Å². The second-order valence-corrected chi connectivity index (χ2v) is 6.43. The molecule has 4 rings (SSSR count). The average molecular weight is 370 g/mol. The molecule has 0 saturated heterocycles. The highest BCUT2D eigenvalue weighted by molar-refractivity contribution is 5.92. The van der Waals surface area contributed by atoms with Crippen LogP contribution in [0.15, 0.2) is 85.1 Å². The van der Waals surface area contributed by atoms with Crippen molar-refractivity contribution >= 4 is 28.2 Å². The highest BCUT2D eigenvalue weighted by atomic mass is 16.4. The van der Waals surface area contributed by atoms with Crippen LogP contribution in [-0.2, 0) is 6.54 Å². The number of carboxylic acid groups (broad SMARTS) is 1. The maximum Gasteiger partial charge on any atom is 0.335 e. The van der Waals surface area contributed by atoms with Gasteiger partial charge in [0.2, 0.25) is 0 Å². The molecule has 5 nitrogen and oxygen atoms in total. The van der Waals surface area contributed by atoms with E-state index >= 15 is 0 Å². The molecule has 3 aromatic carbocycles. The number of carboxylic acids is 1. The number of aromatic nitrogens is 1. The van der Waals surface area contributed by atoms with Gasteiger partial charge in [-0.1, -0.05) is 42.5 Å². The lowest BCUT2D eigenvalue weighted by Gasteiger charge is -2.26. The first-order chi connectivity index (χ1) is 13.6. The molecule has 5 heteroatoms. The number of aromatic hydroxyl groups is 1. The minimum absolute atomic E-state index is 0.0938. The molecular weight excluding hydrogens is 352 g/mol. The molecule has 0 aliphatic rings. The highest BCUT2D eigenvalue weighted by Crippen LogP contribution is 2.38. The van der Waals surface area contributed by atoms with Crippen molar-refractivity contribution in [3.8, 4) is 5.75 Å². The topological polar surface area (TPSA) is 73.7 Å². The molecule has 0 aliphatic carbocycles. The van der Waals surface area contributed by atoms with Gasteiger partial charge in [-0.15, -0.1) is 0 Å². The maximum absolute atomic E-state index is 11.2. The van der Waals surface area contributed by atoms with Gasteiger partial charge in [0.1, 0.15) is 5.52 Å². The van der Waals surface area contributed by atoms with Gasteiger partial charge in [-0.3, -0.25) is 4.98 Å². The first-order valence-electron chi connectivity index (χ1n) is 8.85. The van der Waals surface area contributed by atoms with E-state index in [0.717, 1.165) is 16.6 Å². The third kappa shape index (κ3) is 3.38. The highest BCUT2D eigenvalue weighted by Gasteiger charge is 2.17. The monoisotopic (exact) mass is 370 g/mol. The lowest BCUT2D eigenvalue weighted by Crippen LogP contribution is -2.17. The Kier molecular flexibility index (Phi) is 4.64. The van der Waals surface area contributed by atoms with Gasteiger partial charge >= 0.3 is 5.97 Å². The number of phenolic OH excluding ortho intramolecular Hbond substituents is 1. The second kappa shape index (κ2) is 7.40. The number of fused-ring (bicyclic) bond motifs is 1. The lowest BCUT2D eigenvalue weighted by atomic mass is 10.1. The van der Waals surface area contributed by atoms with Crippen LogP contribution in [0.5, 0.6) is 5.75 Å². The first-order valence-corrected chi connectivity index (χ1v) is 8.85. The Morgan fingerprint density at radius 2 is 1.64 bits per heavy atom. The van der Waals surface area contributed by atoms with Crippen molar-refractivity contribution in [3.63, 3.8) is 0 Å². The minimum atomic E-state index is -0.973. The molecule has 0 radical (unpaired) electrons. The summed E-state index contributed by atoms with van der Waals surface area (Å²) in [5, 5.41) is 20.9. The Bertz CT molecular complexity index is 1130. The zero-order chi connectivity index (χ0) is 19.5.